The third-order valence-corrected chi connectivity index (χ3v) is 16.8. The second kappa shape index (κ2) is 35.1. The Kier molecular flexibility index (Phi) is 30.6. The number of amides is 4. The third-order valence-electron chi connectivity index (χ3n) is 16.8. The van der Waals surface area contributed by atoms with Crippen molar-refractivity contribution in [2.24, 2.45) is 17.3 Å². The normalized spacial score (nSPS) is 18.3. The molecule has 2 spiro atoms. The van der Waals surface area contributed by atoms with Crippen molar-refractivity contribution in [3.63, 3.8) is 0 Å². The molecule has 0 bridgehead atoms. The average Bonchev–Trinajstić information content (AvgIpc) is 2.41. The number of hydrogen-bond acceptors (Lipinski definition) is 16. The zero-order valence-corrected chi connectivity index (χ0v) is 57.7. The minimum atomic E-state index is -0.639. The summed E-state index contributed by atoms with van der Waals surface area (Å²) in [6.07, 6.45) is 16.4. The number of carbonyl (C=O) groups is 8. The van der Waals surface area contributed by atoms with E-state index >= 15 is 0 Å². The molecule has 0 unspecified atom stereocenters. The molecule has 87 heavy (non-hydrogen) atoms. The monoisotopic (exact) mass is 1220 g/mol. The van der Waals surface area contributed by atoms with Gasteiger partial charge < -0.3 is 51.6 Å². The van der Waals surface area contributed by atoms with Crippen molar-refractivity contribution in [2.75, 3.05) is 96.9 Å². The smallest absolute Gasteiger partial charge is 0.793 e. The summed E-state index contributed by atoms with van der Waals surface area (Å²) < 4.78 is 14.7. The van der Waals surface area contributed by atoms with E-state index in [-0.39, 0.29) is 76.5 Å². The number of likely N-dealkylation sites (tertiary alicyclic amines) is 3. The predicted molar refractivity (Wildman–Crippen MR) is 333 cm³/mol. The van der Waals surface area contributed by atoms with Gasteiger partial charge in [-0.3, -0.25) is 24.1 Å². The molecule has 5 heterocycles. The van der Waals surface area contributed by atoms with E-state index in [9.17, 15) is 38.4 Å². The van der Waals surface area contributed by atoms with Crippen molar-refractivity contribution >= 4 is 67.6 Å². The van der Waals surface area contributed by atoms with E-state index in [2.05, 4.69) is 68.4 Å². The van der Waals surface area contributed by atoms with Crippen molar-refractivity contribution in [3.8, 4) is 0 Å². The number of benzene rings is 2. The summed E-state index contributed by atoms with van der Waals surface area (Å²) in [6.45, 7) is 28.1. The van der Waals surface area contributed by atoms with Crippen LogP contribution in [-0.4, -0.2) is 185 Å². The second-order valence-corrected chi connectivity index (χ2v) is 26.5. The van der Waals surface area contributed by atoms with Gasteiger partial charge in [0.15, 0.2) is 6.29 Å². The molecule has 5 aliphatic heterocycles. The minimum absolute atomic E-state index is 0. The summed E-state index contributed by atoms with van der Waals surface area (Å²) in [7, 11) is 11.6. The fourth-order valence-corrected chi connectivity index (χ4v) is 12.3. The first-order valence-electron chi connectivity index (χ1n) is 30.8. The van der Waals surface area contributed by atoms with Gasteiger partial charge >= 0.3 is 53.7 Å². The van der Waals surface area contributed by atoms with Crippen LogP contribution in [0.15, 0.2) is 36.4 Å². The summed E-state index contributed by atoms with van der Waals surface area (Å²) in [5.74, 6) is -1.02. The number of hydrogen-bond donors (Lipinski definition) is 0. The number of ether oxygens (including phenoxy) is 2. The Morgan fingerprint density at radius 3 is 1.36 bits per heavy atom. The summed E-state index contributed by atoms with van der Waals surface area (Å²) in [5.41, 5.74) is 6.78. The molecule has 2 aromatic carbocycles. The van der Waals surface area contributed by atoms with Gasteiger partial charge in [-0.1, -0.05) is 31.0 Å². The van der Waals surface area contributed by atoms with E-state index in [0.717, 1.165) is 141 Å². The van der Waals surface area contributed by atoms with Crippen molar-refractivity contribution in [1.82, 2.24) is 24.5 Å². The second-order valence-electron chi connectivity index (χ2n) is 26.5. The van der Waals surface area contributed by atoms with Crippen LogP contribution >= 0.6 is 0 Å². The number of aldehydes is 1. The molecule has 479 valence electrons. The summed E-state index contributed by atoms with van der Waals surface area (Å²) >= 11 is 0. The van der Waals surface area contributed by atoms with E-state index < -0.39 is 23.5 Å². The molecule has 8 rings (SSSR count). The zero-order valence-electron chi connectivity index (χ0n) is 55.7. The topological polar surface area (TPSA) is 205 Å². The first-order valence-corrected chi connectivity index (χ1v) is 30.8. The van der Waals surface area contributed by atoms with Crippen LogP contribution in [0.2, 0.25) is 0 Å². The largest absolute Gasteiger partial charge is 1.00 e. The fraction of sp³-hybridized carbons (Fsp3) is 0.692. The first kappa shape index (κ1) is 75.9. The van der Waals surface area contributed by atoms with Gasteiger partial charge in [-0.05, 0) is 179 Å². The van der Waals surface area contributed by atoms with Gasteiger partial charge in [0, 0.05) is 142 Å². The molecule has 22 heteroatoms. The van der Waals surface area contributed by atoms with Gasteiger partial charge in [0.2, 0.25) is 17.8 Å². The van der Waals surface area contributed by atoms with Crippen LogP contribution in [0.1, 0.15) is 179 Å². The van der Waals surface area contributed by atoms with E-state index in [1.54, 1.807) is 23.9 Å². The SMILES string of the molecule is CC(=O)OOC(C)=O.CC(C)(C)OC(=O)N1CCC2(CCCC2)CC1.Cc1ccc(C=O)c(N2CCC(C(=O)N(C)C)CC2)c1.Cc1ccc(CN2CCCC23CCN(C(=O)OC(C)(C)C)CC3)c(N2CCC(C(=O)N(C)C)CC2)c1.[B-]OC(C)=O.[Na+]. The van der Waals surface area contributed by atoms with Crippen LogP contribution in [0, 0.1) is 31.1 Å². The molecule has 6 fully saturated rings. The quantitative estimate of drug-likeness (QED) is 0.118. The molecule has 1 saturated carbocycles. The maximum atomic E-state index is 12.6. The molecule has 3 radical (unpaired) electrons. The first-order chi connectivity index (χ1) is 40.3. The molecule has 20 nitrogen and oxygen atoms in total. The maximum Gasteiger partial charge on any atom is 1.00 e. The summed E-state index contributed by atoms with van der Waals surface area (Å²) in [4.78, 5) is 111. The average molecular weight is 1220 g/mol. The van der Waals surface area contributed by atoms with E-state index in [1.165, 1.54) is 75.1 Å². The van der Waals surface area contributed by atoms with Gasteiger partial charge in [0.05, 0.1) is 0 Å². The van der Waals surface area contributed by atoms with Gasteiger partial charge in [0.1, 0.15) is 11.2 Å². The number of nitrogens with zero attached hydrogens (tertiary/aromatic N) is 7. The van der Waals surface area contributed by atoms with Crippen molar-refractivity contribution in [1.29, 1.82) is 0 Å². The predicted octanol–water partition coefficient (Wildman–Crippen LogP) is 7.02. The van der Waals surface area contributed by atoms with Crippen LogP contribution in [0.25, 0.3) is 0 Å². The minimum Gasteiger partial charge on any atom is -0.793 e. The van der Waals surface area contributed by atoms with Gasteiger partial charge in [0.25, 0.3) is 0 Å². The van der Waals surface area contributed by atoms with Crippen LogP contribution in [0.5, 0.6) is 0 Å². The Morgan fingerprint density at radius 1 is 0.563 bits per heavy atom. The van der Waals surface area contributed by atoms with Crippen LogP contribution < -0.4 is 39.4 Å². The van der Waals surface area contributed by atoms with E-state index in [0.29, 0.717) is 5.41 Å². The van der Waals surface area contributed by atoms with Crippen LogP contribution in [0.3, 0.4) is 0 Å². The summed E-state index contributed by atoms with van der Waals surface area (Å²) in [6, 6.07) is 12.7. The molecular weight excluding hydrogens is 1120 g/mol. The molecule has 1 aliphatic carbocycles. The van der Waals surface area contributed by atoms with Gasteiger partial charge in [-0.2, -0.15) is 0 Å². The number of carbonyl (C=O) groups excluding carboxylic acids is 8. The standard InChI is InChI=1S/C29H46N4O3.C16H22N2O2.C14H25NO2.C4H6O4.C2H3BO2.Na/c1-22-8-9-24(25(20-22)31-16-10-23(11-17-31)26(34)30(5)6)21-33-15-7-12-29(33)13-18-32(19-14-29)27(35)36-28(2,3)4;1-12-4-5-14(11-19)15(10-12)18-8-6-13(7-9-18)16(20)17(2)3;1-13(2,3)17-12(16)15-10-8-14(9-11-15)6-4-5-7-14;1-3(5)7-8-4(2)6;1-2(4)5-3;/h8-9,20,23H,7,10-19,21H2,1-6H3;4-5,10-11,13H,6-9H2,1-3H3;4-11H2,1-3H3;1-2H3;1H3;/q;;;;-1;+1. The molecule has 4 amide bonds. The Hall–Kier alpha value is -5.38. The molecule has 0 N–H and O–H groups in total. The number of rotatable bonds is 7. The maximum absolute atomic E-state index is 12.6. The van der Waals surface area contributed by atoms with Gasteiger partial charge in [-0.15, -0.1) is 0 Å². The number of piperidine rings is 4. The summed E-state index contributed by atoms with van der Waals surface area (Å²) in [5, 5.41) is 0. The van der Waals surface area contributed by atoms with Crippen LogP contribution in [-0.2, 0) is 54.4 Å². The molecule has 6 aliphatic rings. The van der Waals surface area contributed by atoms with Crippen molar-refractivity contribution in [2.45, 2.75) is 189 Å². The van der Waals surface area contributed by atoms with E-state index in [1.807, 2.05) is 84.5 Å². The Balaban J connectivity index is 0.000000328. The van der Waals surface area contributed by atoms with Crippen molar-refractivity contribution in [3.05, 3.63) is 58.7 Å². The van der Waals surface area contributed by atoms with E-state index in [4.69, 9.17) is 9.47 Å². The molecule has 5 saturated heterocycles. The number of aryl methyl sites for hydroxylation is 2. The third kappa shape index (κ3) is 24.8. The number of anilines is 2. The Bertz CT molecular complexity index is 2550. The molecular formula is C65H102BN7NaO13. The van der Waals surface area contributed by atoms with Crippen LogP contribution in [0.4, 0.5) is 21.0 Å². The zero-order chi connectivity index (χ0) is 64.2. The molecule has 2 aromatic rings. The molecule has 0 aromatic heterocycles. The molecule has 0 atom stereocenters. The Morgan fingerprint density at radius 2 is 0.966 bits per heavy atom. The van der Waals surface area contributed by atoms with Crippen molar-refractivity contribution < 1.29 is 91.8 Å². The fourth-order valence-electron chi connectivity index (χ4n) is 12.3. The Labute approximate surface area is 543 Å². The van der Waals surface area contributed by atoms with Gasteiger partial charge in [-0.25, -0.2) is 29.0 Å².